The van der Waals surface area contributed by atoms with Crippen molar-refractivity contribution in [1.82, 2.24) is 10.6 Å². The summed E-state index contributed by atoms with van der Waals surface area (Å²) in [5, 5.41) is 5.33. The predicted molar refractivity (Wildman–Crippen MR) is 99.0 cm³/mol. The number of benzene rings is 2. The lowest BCUT2D eigenvalue weighted by Gasteiger charge is -2.13. The van der Waals surface area contributed by atoms with Crippen LogP contribution in [-0.4, -0.2) is 38.2 Å². The summed E-state index contributed by atoms with van der Waals surface area (Å²) in [6, 6.07) is 13.1. The molecule has 1 aliphatic rings. The predicted octanol–water partition coefficient (Wildman–Crippen LogP) is 1.90. The van der Waals surface area contributed by atoms with Crippen LogP contribution in [0.25, 0.3) is 0 Å². The van der Waals surface area contributed by atoms with Crippen LogP contribution >= 0.6 is 0 Å². The molecule has 6 nitrogen and oxygen atoms in total. The molecule has 1 fully saturated rings. The van der Waals surface area contributed by atoms with Gasteiger partial charge in [-0.15, -0.1) is 0 Å². The summed E-state index contributed by atoms with van der Waals surface area (Å²) in [5.74, 6) is 4.90. The van der Waals surface area contributed by atoms with E-state index in [4.69, 9.17) is 4.74 Å². The van der Waals surface area contributed by atoms with E-state index in [-0.39, 0.29) is 30.8 Å². The van der Waals surface area contributed by atoms with E-state index in [1.54, 1.807) is 17.0 Å². The maximum atomic E-state index is 13.4. The zero-order valence-corrected chi connectivity index (χ0v) is 14.5. The fourth-order valence-corrected chi connectivity index (χ4v) is 2.49. The maximum Gasteiger partial charge on any atom is 0.321 e. The molecule has 0 spiro atoms. The van der Waals surface area contributed by atoms with Crippen LogP contribution in [0.1, 0.15) is 5.56 Å². The number of hydrogen-bond donors (Lipinski definition) is 2. The van der Waals surface area contributed by atoms with Gasteiger partial charge < -0.3 is 15.4 Å². The van der Waals surface area contributed by atoms with Gasteiger partial charge in [-0.3, -0.25) is 9.69 Å². The molecule has 1 saturated heterocycles. The third-order valence-corrected chi connectivity index (χ3v) is 3.84. The average molecular weight is 367 g/mol. The monoisotopic (exact) mass is 367 g/mol. The molecule has 3 amide bonds. The second kappa shape index (κ2) is 8.72. The number of para-hydroxylation sites is 1. The third-order valence-electron chi connectivity index (χ3n) is 3.84. The highest BCUT2D eigenvalue weighted by Gasteiger charge is 2.20. The third kappa shape index (κ3) is 4.98. The van der Waals surface area contributed by atoms with Crippen molar-refractivity contribution in [2.75, 3.05) is 31.1 Å². The molecule has 1 heterocycles. The number of anilines is 1. The highest BCUT2D eigenvalue weighted by atomic mass is 19.1. The lowest BCUT2D eigenvalue weighted by atomic mass is 10.2. The van der Waals surface area contributed by atoms with Crippen molar-refractivity contribution in [2.45, 2.75) is 0 Å². The number of ether oxygens (including phenoxy) is 1. The summed E-state index contributed by atoms with van der Waals surface area (Å²) in [6.45, 7) is 1.15. The molecule has 0 radical (unpaired) electrons. The Morgan fingerprint density at radius 1 is 1.22 bits per heavy atom. The van der Waals surface area contributed by atoms with Gasteiger partial charge in [0.2, 0.25) is 0 Å². The van der Waals surface area contributed by atoms with Crippen molar-refractivity contribution >= 4 is 17.6 Å². The van der Waals surface area contributed by atoms with Gasteiger partial charge in [-0.1, -0.05) is 24.0 Å². The number of carbonyl (C=O) groups excluding carboxylic acids is 2. The van der Waals surface area contributed by atoms with E-state index in [2.05, 4.69) is 22.5 Å². The Labute approximate surface area is 156 Å². The molecular formula is C20H18FN3O3. The van der Waals surface area contributed by atoms with E-state index < -0.39 is 5.82 Å². The fraction of sp³-hybridized carbons (Fsp3) is 0.200. The fourth-order valence-electron chi connectivity index (χ4n) is 2.49. The van der Waals surface area contributed by atoms with Crippen molar-refractivity contribution in [3.05, 3.63) is 59.9 Å². The van der Waals surface area contributed by atoms with Crippen LogP contribution in [0.5, 0.6) is 5.75 Å². The highest BCUT2D eigenvalue weighted by Crippen LogP contribution is 2.17. The first-order chi connectivity index (χ1) is 13.1. The Kier molecular flexibility index (Phi) is 5.90. The highest BCUT2D eigenvalue weighted by molar-refractivity contribution is 5.94. The van der Waals surface area contributed by atoms with Crippen molar-refractivity contribution < 1.29 is 18.7 Å². The largest absolute Gasteiger partial charge is 0.481 e. The Bertz CT molecular complexity index is 887. The minimum Gasteiger partial charge on any atom is -0.481 e. The van der Waals surface area contributed by atoms with Gasteiger partial charge in [0.1, 0.15) is 0 Å². The van der Waals surface area contributed by atoms with Crippen LogP contribution in [0.2, 0.25) is 0 Å². The van der Waals surface area contributed by atoms with E-state index in [1.165, 1.54) is 12.1 Å². The normalized spacial score (nSPS) is 12.8. The molecule has 3 rings (SSSR count). The molecule has 0 saturated carbocycles. The molecule has 2 aromatic carbocycles. The summed E-state index contributed by atoms with van der Waals surface area (Å²) < 4.78 is 18.5. The van der Waals surface area contributed by atoms with Crippen molar-refractivity contribution in [2.24, 2.45) is 0 Å². The Balaban J connectivity index is 1.44. The van der Waals surface area contributed by atoms with Crippen LogP contribution in [-0.2, 0) is 4.79 Å². The maximum absolute atomic E-state index is 13.4. The molecule has 0 aliphatic carbocycles. The molecule has 27 heavy (non-hydrogen) atoms. The Hall–Kier alpha value is -3.53. The lowest BCUT2D eigenvalue weighted by molar-refractivity contribution is -0.122. The van der Waals surface area contributed by atoms with Gasteiger partial charge in [-0.05, 0) is 36.4 Å². The number of nitrogens with one attached hydrogen (secondary N) is 2. The molecule has 2 N–H and O–H groups in total. The summed E-state index contributed by atoms with van der Waals surface area (Å²) >= 11 is 0. The zero-order chi connectivity index (χ0) is 19.1. The van der Waals surface area contributed by atoms with Gasteiger partial charge in [-0.25, -0.2) is 9.18 Å². The second-order valence-corrected chi connectivity index (χ2v) is 5.73. The number of halogens is 1. The van der Waals surface area contributed by atoms with E-state index >= 15 is 0 Å². The smallest absolute Gasteiger partial charge is 0.321 e. The summed E-state index contributed by atoms with van der Waals surface area (Å²) in [4.78, 5) is 25.0. The summed E-state index contributed by atoms with van der Waals surface area (Å²) in [6.07, 6.45) is 0. The first-order valence-corrected chi connectivity index (χ1v) is 8.42. The number of amides is 3. The number of nitrogens with zero attached hydrogens (tertiary/aromatic N) is 1. The van der Waals surface area contributed by atoms with Crippen molar-refractivity contribution in [3.63, 3.8) is 0 Å². The van der Waals surface area contributed by atoms with Gasteiger partial charge in [0.15, 0.2) is 18.2 Å². The number of rotatable bonds is 5. The van der Waals surface area contributed by atoms with Gasteiger partial charge >= 0.3 is 6.03 Å². The Morgan fingerprint density at radius 3 is 2.70 bits per heavy atom. The molecule has 1 aliphatic heterocycles. The first kappa shape index (κ1) is 18.3. The second-order valence-electron chi connectivity index (χ2n) is 5.73. The quantitative estimate of drug-likeness (QED) is 0.793. The van der Waals surface area contributed by atoms with Crippen LogP contribution in [0.4, 0.5) is 14.9 Å². The van der Waals surface area contributed by atoms with Gasteiger partial charge in [0.25, 0.3) is 5.91 Å². The van der Waals surface area contributed by atoms with E-state index in [0.717, 1.165) is 11.3 Å². The summed E-state index contributed by atoms with van der Waals surface area (Å²) in [7, 11) is 0. The van der Waals surface area contributed by atoms with Crippen molar-refractivity contribution in [3.8, 4) is 17.6 Å². The van der Waals surface area contributed by atoms with E-state index in [1.807, 2.05) is 24.3 Å². The molecule has 0 atom stereocenters. The summed E-state index contributed by atoms with van der Waals surface area (Å²) in [5.41, 5.74) is 1.59. The topological polar surface area (TPSA) is 70.7 Å². The number of hydrogen-bond acceptors (Lipinski definition) is 3. The van der Waals surface area contributed by atoms with Gasteiger partial charge in [-0.2, -0.15) is 0 Å². The van der Waals surface area contributed by atoms with Crippen molar-refractivity contribution in [1.29, 1.82) is 0 Å². The molecule has 138 valence electrons. The molecule has 2 aromatic rings. The molecular weight excluding hydrogens is 349 g/mol. The first-order valence-electron chi connectivity index (χ1n) is 8.42. The minimum absolute atomic E-state index is 0.0329. The molecule has 0 bridgehead atoms. The van der Waals surface area contributed by atoms with Gasteiger partial charge in [0.05, 0.1) is 6.54 Å². The zero-order valence-electron chi connectivity index (χ0n) is 14.5. The molecule has 7 heteroatoms. The molecule has 0 unspecified atom stereocenters. The minimum atomic E-state index is -0.514. The standard InChI is InChI=1S/C20H18FN3O3/c21-17-5-1-2-6-18(17)27-14-19(25)22-11-3-4-15-7-9-16(10-8-15)24-13-12-23-20(24)26/h1-2,5-10H,11-14H2,(H,22,25)(H,23,26). The van der Waals surface area contributed by atoms with Crippen LogP contribution in [0.3, 0.4) is 0 Å². The number of carbonyl (C=O) groups is 2. The van der Waals surface area contributed by atoms with Crippen LogP contribution in [0.15, 0.2) is 48.5 Å². The number of urea groups is 1. The van der Waals surface area contributed by atoms with E-state index in [0.29, 0.717) is 13.1 Å². The molecule has 0 aromatic heterocycles. The SMILES string of the molecule is O=C(COc1ccccc1F)NCC#Cc1ccc(N2CCNC2=O)cc1. The average Bonchev–Trinajstić information content (AvgIpc) is 3.11. The lowest BCUT2D eigenvalue weighted by Crippen LogP contribution is -2.29. The van der Waals surface area contributed by atoms with E-state index in [9.17, 15) is 14.0 Å². The van der Waals surface area contributed by atoms with Crippen LogP contribution < -0.4 is 20.3 Å². The van der Waals surface area contributed by atoms with Gasteiger partial charge in [0, 0.05) is 24.3 Å². The Morgan fingerprint density at radius 2 is 2.00 bits per heavy atom. The van der Waals surface area contributed by atoms with Crippen LogP contribution in [0, 0.1) is 17.7 Å².